The van der Waals surface area contributed by atoms with Gasteiger partial charge in [0.15, 0.2) is 9.84 Å². The number of nitrogens with zero attached hydrogens (tertiary/aromatic N) is 2. The summed E-state index contributed by atoms with van der Waals surface area (Å²) in [7, 11) is -0.265. The highest BCUT2D eigenvalue weighted by molar-refractivity contribution is 6.30. The third-order valence-electron chi connectivity index (χ3n) is 3.71. The van der Waals surface area contributed by atoms with Crippen molar-refractivity contribution in [2.75, 3.05) is 0 Å². The van der Waals surface area contributed by atoms with Crippen molar-refractivity contribution in [3.05, 3.63) is 0 Å². The molecule has 1 heterocycles. The summed E-state index contributed by atoms with van der Waals surface area (Å²) in [6.07, 6.45) is 0. The highest BCUT2D eigenvalue weighted by atomic mass is 28.2. The average molecular weight is 228 g/mol. The highest BCUT2D eigenvalue weighted by Gasteiger charge is 2.43. The molecule has 1 saturated heterocycles. The van der Waals surface area contributed by atoms with E-state index < -0.39 is 0 Å². The Bertz CT molecular complexity index is 203. The molecule has 0 aromatic rings. The summed E-state index contributed by atoms with van der Waals surface area (Å²) in [4.78, 5) is 0. The molecule has 0 bridgehead atoms. The molecule has 0 aromatic carbocycles. The molecule has 0 unspecified atom stereocenters. The third-order valence-corrected chi connectivity index (χ3v) is 7.37. The largest absolute Gasteiger partial charge is 0.308 e. The Morgan fingerprint density at radius 2 is 1.00 bits per heavy atom. The molecule has 0 radical (unpaired) electrons. The normalized spacial score (nSPS) is 31.2. The second-order valence-corrected chi connectivity index (χ2v) is 8.55. The van der Waals surface area contributed by atoms with Crippen LogP contribution in [0.2, 0.25) is 0 Å². The van der Waals surface area contributed by atoms with Crippen LogP contribution in [0.1, 0.15) is 55.4 Å². The lowest BCUT2D eigenvalue weighted by molar-refractivity contribution is 0.172. The van der Waals surface area contributed by atoms with Gasteiger partial charge in [-0.2, -0.15) is 0 Å². The van der Waals surface area contributed by atoms with E-state index >= 15 is 0 Å². The standard InChI is InChI=1S/C12H28N2Si/c1-9-10(2)14(12(6,7)8)15-13(9)11(3,4)5/h9-10H,15H2,1-8H3/t9-,10-/m1/s1. The molecule has 0 saturated carbocycles. The van der Waals surface area contributed by atoms with Crippen LogP contribution in [0, 0.1) is 0 Å². The van der Waals surface area contributed by atoms with E-state index in [4.69, 9.17) is 0 Å². The van der Waals surface area contributed by atoms with E-state index in [1.807, 2.05) is 0 Å². The van der Waals surface area contributed by atoms with Crippen LogP contribution in [0.4, 0.5) is 0 Å². The Hall–Kier alpha value is 0.137. The van der Waals surface area contributed by atoms with Crippen LogP contribution in [0.15, 0.2) is 0 Å². The Kier molecular flexibility index (Phi) is 3.40. The quantitative estimate of drug-likeness (QED) is 0.585. The number of hydrogen-bond acceptors (Lipinski definition) is 2. The smallest absolute Gasteiger partial charge is 0.174 e. The molecule has 1 fully saturated rings. The molecular weight excluding hydrogens is 200 g/mol. The van der Waals surface area contributed by atoms with Gasteiger partial charge in [0.25, 0.3) is 0 Å². The lowest BCUT2D eigenvalue weighted by Gasteiger charge is -2.36. The minimum absolute atomic E-state index is 0.265. The molecule has 0 N–H and O–H groups in total. The van der Waals surface area contributed by atoms with E-state index in [-0.39, 0.29) is 9.84 Å². The molecular formula is C12H28N2Si. The Balaban J connectivity index is 2.86. The van der Waals surface area contributed by atoms with E-state index in [1.165, 1.54) is 0 Å². The first-order valence-electron chi connectivity index (χ1n) is 6.08. The van der Waals surface area contributed by atoms with Crippen molar-refractivity contribution in [2.24, 2.45) is 0 Å². The van der Waals surface area contributed by atoms with Crippen molar-refractivity contribution in [1.82, 2.24) is 9.13 Å². The predicted octanol–water partition coefficient (Wildman–Crippen LogP) is 1.98. The average Bonchev–Trinajstić information content (AvgIpc) is 2.26. The fourth-order valence-electron chi connectivity index (χ4n) is 2.59. The Morgan fingerprint density at radius 1 is 0.733 bits per heavy atom. The van der Waals surface area contributed by atoms with Gasteiger partial charge in [-0.05, 0) is 55.4 Å². The van der Waals surface area contributed by atoms with Crippen LogP contribution in [0.3, 0.4) is 0 Å². The van der Waals surface area contributed by atoms with Gasteiger partial charge in [0.05, 0.1) is 0 Å². The van der Waals surface area contributed by atoms with Crippen LogP contribution in [0.5, 0.6) is 0 Å². The molecule has 1 aliphatic rings. The van der Waals surface area contributed by atoms with Gasteiger partial charge in [-0.25, -0.2) is 0 Å². The molecule has 0 aliphatic carbocycles. The van der Waals surface area contributed by atoms with Crippen molar-refractivity contribution in [2.45, 2.75) is 78.6 Å². The van der Waals surface area contributed by atoms with Gasteiger partial charge in [0.1, 0.15) is 0 Å². The second-order valence-electron chi connectivity index (χ2n) is 6.90. The molecule has 0 spiro atoms. The van der Waals surface area contributed by atoms with E-state index in [1.54, 1.807) is 0 Å². The van der Waals surface area contributed by atoms with Gasteiger partial charge in [-0.1, -0.05) is 0 Å². The number of hydrogen-bond donors (Lipinski definition) is 0. The SMILES string of the molecule is C[C@@H]1[C@@H](C)N(C(C)(C)C)[SiH2]N1C(C)(C)C. The van der Waals surface area contributed by atoms with Crippen molar-refractivity contribution in [3.63, 3.8) is 0 Å². The lowest BCUT2D eigenvalue weighted by Crippen LogP contribution is -2.49. The summed E-state index contributed by atoms with van der Waals surface area (Å²) in [6.45, 7) is 18.8. The van der Waals surface area contributed by atoms with Gasteiger partial charge in [-0.15, -0.1) is 0 Å². The van der Waals surface area contributed by atoms with Gasteiger partial charge in [0, 0.05) is 23.2 Å². The summed E-state index contributed by atoms with van der Waals surface area (Å²) in [5.41, 5.74) is 0.666. The van der Waals surface area contributed by atoms with Crippen LogP contribution >= 0.6 is 0 Å². The van der Waals surface area contributed by atoms with E-state index in [2.05, 4.69) is 64.5 Å². The second kappa shape index (κ2) is 3.86. The number of rotatable bonds is 0. The fraction of sp³-hybridized carbons (Fsp3) is 1.00. The van der Waals surface area contributed by atoms with E-state index in [0.717, 1.165) is 0 Å². The van der Waals surface area contributed by atoms with Crippen LogP contribution in [-0.2, 0) is 0 Å². The zero-order valence-corrected chi connectivity index (χ0v) is 13.2. The Morgan fingerprint density at radius 3 is 1.13 bits per heavy atom. The van der Waals surface area contributed by atoms with Crippen molar-refractivity contribution >= 4 is 9.84 Å². The maximum Gasteiger partial charge on any atom is 0.174 e. The van der Waals surface area contributed by atoms with Crippen molar-refractivity contribution < 1.29 is 0 Å². The molecule has 1 aliphatic heterocycles. The maximum atomic E-state index is 2.74. The molecule has 2 nitrogen and oxygen atoms in total. The summed E-state index contributed by atoms with van der Waals surface area (Å²) < 4.78 is 5.48. The highest BCUT2D eigenvalue weighted by Crippen LogP contribution is 2.31. The zero-order valence-electron chi connectivity index (χ0n) is 11.8. The van der Waals surface area contributed by atoms with Gasteiger partial charge in [-0.3, -0.25) is 0 Å². The van der Waals surface area contributed by atoms with Gasteiger partial charge < -0.3 is 9.13 Å². The topological polar surface area (TPSA) is 6.48 Å². The fourth-order valence-corrected chi connectivity index (χ4v) is 4.89. The van der Waals surface area contributed by atoms with Crippen LogP contribution in [0.25, 0.3) is 0 Å². The summed E-state index contributed by atoms with van der Waals surface area (Å²) in [6, 6.07) is 1.41. The minimum atomic E-state index is -0.265. The zero-order chi connectivity index (χ0) is 12.0. The summed E-state index contributed by atoms with van der Waals surface area (Å²) in [5.74, 6) is 0. The van der Waals surface area contributed by atoms with Crippen LogP contribution < -0.4 is 0 Å². The molecule has 0 aromatic heterocycles. The first-order chi connectivity index (χ1) is 6.55. The molecule has 1 rings (SSSR count). The van der Waals surface area contributed by atoms with Gasteiger partial charge >= 0.3 is 0 Å². The molecule has 0 amide bonds. The summed E-state index contributed by atoms with van der Waals surface area (Å²) in [5, 5.41) is 0. The monoisotopic (exact) mass is 228 g/mol. The predicted molar refractivity (Wildman–Crippen MR) is 70.7 cm³/mol. The molecule has 2 atom stereocenters. The molecule has 90 valence electrons. The minimum Gasteiger partial charge on any atom is -0.308 e. The van der Waals surface area contributed by atoms with Gasteiger partial charge in [0.2, 0.25) is 0 Å². The first kappa shape index (κ1) is 13.2. The Labute approximate surface area is 98.0 Å². The lowest BCUT2D eigenvalue weighted by atomic mass is 10.0. The summed E-state index contributed by atoms with van der Waals surface area (Å²) >= 11 is 0. The molecule has 15 heavy (non-hydrogen) atoms. The van der Waals surface area contributed by atoms with Crippen LogP contribution in [-0.4, -0.2) is 42.1 Å². The first-order valence-corrected chi connectivity index (χ1v) is 7.35. The van der Waals surface area contributed by atoms with E-state index in [9.17, 15) is 0 Å². The van der Waals surface area contributed by atoms with E-state index in [0.29, 0.717) is 23.2 Å². The third kappa shape index (κ3) is 2.63. The van der Waals surface area contributed by atoms with Crippen molar-refractivity contribution in [1.29, 1.82) is 0 Å². The van der Waals surface area contributed by atoms with Crippen molar-refractivity contribution in [3.8, 4) is 0 Å². The maximum absolute atomic E-state index is 2.74. The molecule has 3 heteroatoms.